The molecule has 14 heteroatoms. The zero-order valence-electron chi connectivity index (χ0n) is 34.6. The number of nitrogens with one attached hydrogen (secondary N) is 1. The Morgan fingerprint density at radius 3 is 2.42 bits per heavy atom. The van der Waals surface area contributed by atoms with E-state index in [-0.39, 0.29) is 61.1 Å². The topological polar surface area (TPSA) is 168 Å². The Hall–Kier alpha value is -4.20. The van der Waals surface area contributed by atoms with Crippen LogP contribution in [0.2, 0.25) is 0 Å². The van der Waals surface area contributed by atoms with E-state index in [4.69, 9.17) is 18.9 Å². The number of pyridine rings is 1. The van der Waals surface area contributed by atoms with E-state index in [1.165, 1.54) is 4.90 Å². The maximum atomic E-state index is 14.9. The van der Waals surface area contributed by atoms with Crippen molar-refractivity contribution in [1.29, 1.82) is 0 Å². The quantitative estimate of drug-likeness (QED) is 0.211. The first kappa shape index (κ1) is 42.4. The Kier molecular flexibility index (Phi) is 12.1. The first-order valence-corrected chi connectivity index (χ1v) is 21.8. The van der Waals surface area contributed by atoms with Crippen molar-refractivity contribution in [3.63, 3.8) is 0 Å². The highest BCUT2D eigenvalue weighted by molar-refractivity contribution is 7.91. The maximum Gasteiger partial charge on any atom is 0.307 e. The molecule has 0 unspecified atom stereocenters. The van der Waals surface area contributed by atoms with Crippen LogP contribution in [0.25, 0.3) is 10.8 Å². The summed E-state index contributed by atoms with van der Waals surface area (Å²) in [6, 6.07) is 4.41. The minimum absolute atomic E-state index is 0.0328. The fraction of sp³-hybridized carbons (Fsp3) is 0.651. The molecule has 3 heterocycles. The highest BCUT2D eigenvalue weighted by atomic mass is 32.2. The van der Waals surface area contributed by atoms with Gasteiger partial charge in [-0.3, -0.25) is 23.9 Å². The highest BCUT2D eigenvalue weighted by Gasteiger charge is 2.63. The molecule has 0 radical (unpaired) electrons. The van der Waals surface area contributed by atoms with E-state index in [1.807, 2.05) is 31.2 Å². The number of ketones is 1. The van der Waals surface area contributed by atoms with E-state index in [1.54, 1.807) is 54.2 Å². The van der Waals surface area contributed by atoms with E-state index >= 15 is 0 Å². The Labute approximate surface area is 336 Å². The fourth-order valence-electron chi connectivity index (χ4n) is 8.68. The summed E-state index contributed by atoms with van der Waals surface area (Å²) in [5.41, 5.74) is -2.04. The van der Waals surface area contributed by atoms with Gasteiger partial charge in [0.25, 0.3) is 0 Å². The van der Waals surface area contributed by atoms with Crippen molar-refractivity contribution >= 4 is 44.4 Å². The molecule has 7 atom stereocenters. The second-order valence-corrected chi connectivity index (χ2v) is 19.9. The molecule has 13 nitrogen and oxygen atoms in total. The van der Waals surface area contributed by atoms with Gasteiger partial charge >= 0.3 is 5.97 Å². The Bertz CT molecular complexity index is 2020. The zero-order valence-corrected chi connectivity index (χ0v) is 35.4. The normalized spacial score (nSPS) is 29.6. The number of sulfonamides is 1. The molecule has 2 aromatic rings. The predicted octanol–water partition coefficient (Wildman–Crippen LogP) is 6.31. The minimum atomic E-state index is -3.98. The summed E-state index contributed by atoms with van der Waals surface area (Å²) in [5.74, 6) is -1.68. The molecule has 2 aliphatic carbocycles. The van der Waals surface area contributed by atoms with E-state index < -0.39 is 55.7 Å². The molecule has 6 rings (SSSR count). The summed E-state index contributed by atoms with van der Waals surface area (Å²) in [4.78, 5) is 63.2. The molecule has 1 aromatic heterocycles. The minimum Gasteiger partial charge on any atom is -0.497 e. The number of esters is 1. The zero-order chi connectivity index (χ0) is 41.5. The van der Waals surface area contributed by atoms with Crippen molar-refractivity contribution < 1.29 is 46.5 Å². The number of aromatic nitrogens is 1. The second-order valence-electron chi connectivity index (χ2n) is 17.8. The third kappa shape index (κ3) is 8.95. The van der Waals surface area contributed by atoms with Gasteiger partial charge in [0.05, 0.1) is 55.5 Å². The summed E-state index contributed by atoms with van der Waals surface area (Å²) in [6.07, 6.45) is 8.49. The number of amides is 2. The smallest absolute Gasteiger partial charge is 0.307 e. The summed E-state index contributed by atoms with van der Waals surface area (Å²) in [7, 11) is -0.864. The van der Waals surface area contributed by atoms with Gasteiger partial charge in [0.15, 0.2) is 5.78 Å². The van der Waals surface area contributed by atoms with E-state index in [9.17, 15) is 27.6 Å². The number of fused-ring (bicyclic) bond motifs is 3. The molecule has 312 valence electrons. The van der Waals surface area contributed by atoms with E-state index in [0.29, 0.717) is 54.4 Å². The van der Waals surface area contributed by atoms with Gasteiger partial charge in [0, 0.05) is 23.6 Å². The van der Waals surface area contributed by atoms with Gasteiger partial charge in [-0.25, -0.2) is 13.4 Å². The van der Waals surface area contributed by atoms with Crippen LogP contribution in [0.5, 0.6) is 17.4 Å². The summed E-state index contributed by atoms with van der Waals surface area (Å²) < 4.78 is 51.6. The number of benzene rings is 1. The number of methoxy groups -OCH3 is 2. The molecule has 3 fully saturated rings. The van der Waals surface area contributed by atoms with Crippen LogP contribution in [0.4, 0.5) is 0 Å². The molecular formula is C43H59N3O10S. The Morgan fingerprint density at radius 2 is 1.77 bits per heavy atom. The number of allylic oxidation sites excluding steroid dienone is 2. The van der Waals surface area contributed by atoms with Crippen molar-refractivity contribution in [3.8, 4) is 17.4 Å². The van der Waals surface area contributed by atoms with Crippen molar-refractivity contribution in [2.45, 2.75) is 128 Å². The lowest BCUT2D eigenvalue weighted by Gasteiger charge is -2.32. The third-order valence-electron chi connectivity index (χ3n) is 12.6. The van der Waals surface area contributed by atoms with Gasteiger partial charge in [-0.1, -0.05) is 39.3 Å². The summed E-state index contributed by atoms with van der Waals surface area (Å²) >= 11 is 0. The number of carbonyl (C=O) groups excluding carboxylic acids is 4. The van der Waals surface area contributed by atoms with Gasteiger partial charge in [0.1, 0.15) is 23.2 Å². The maximum absolute atomic E-state index is 14.9. The largest absolute Gasteiger partial charge is 0.497 e. The van der Waals surface area contributed by atoms with Gasteiger partial charge in [-0.15, -0.1) is 0 Å². The van der Waals surface area contributed by atoms with Crippen LogP contribution in [0.1, 0.15) is 106 Å². The lowest BCUT2D eigenvalue weighted by Crippen LogP contribution is -2.48. The van der Waals surface area contributed by atoms with Crippen molar-refractivity contribution in [2.24, 2.45) is 29.1 Å². The van der Waals surface area contributed by atoms with Gasteiger partial charge < -0.3 is 23.8 Å². The lowest BCUT2D eigenvalue weighted by molar-refractivity contribution is -0.159. The number of nitrogens with zero attached hydrogens (tertiary/aromatic N) is 2. The predicted molar refractivity (Wildman–Crippen MR) is 214 cm³/mol. The Balaban J connectivity index is 1.36. The molecule has 1 saturated heterocycles. The van der Waals surface area contributed by atoms with Crippen LogP contribution in [-0.4, -0.2) is 85.1 Å². The molecule has 4 aliphatic rings. The number of hydrogen-bond donors (Lipinski definition) is 1. The number of ether oxygens (including phenoxy) is 4. The van der Waals surface area contributed by atoms with E-state index in [0.717, 1.165) is 12.8 Å². The summed E-state index contributed by atoms with van der Waals surface area (Å²) in [6.45, 7) is 11.2. The number of Topliss-reactive ketones (excluding diaryl/α,β-unsaturated/α-hetero) is 1. The monoisotopic (exact) mass is 809 g/mol. The molecule has 57 heavy (non-hydrogen) atoms. The van der Waals surface area contributed by atoms with Gasteiger partial charge in [-0.2, -0.15) is 0 Å². The van der Waals surface area contributed by atoms with Gasteiger partial charge in [0.2, 0.25) is 27.7 Å². The molecule has 2 amide bonds. The van der Waals surface area contributed by atoms with Crippen molar-refractivity contribution in [2.75, 3.05) is 20.8 Å². The molecule has 1 aromatic carbocycles. The first-order chi connectivity index (χ1) is 26.9. The molecule has 2 aliphatic heterocycles. The number of rotatable bonds is 10. The van der Waals surface area contributed by atoms with Crippen LogP contribution in [-0.2, 0) is 33.9 Å². The standard InChI is InChI=1S/C43H59N3O10S/c1-9-42(17-18-42)57(51,52)45-40(50)43-22-28(43)14-13-26(2)11-10-12-27(3)32(21-37(48)56-41(4,5)6)39(49)46-25-30(20-34(46)35(47)23-43)55-38-31-16-15-29(53-7)19-33(31)36(54-8)24-44-38/h13-16,19,24,26-28,30,32,34H,9-12,17-18,20-23,25H2,1-8H3,(H,45,50)/b14-13-/t26-,27+,28+,30+,32-,34-,43+/m0/s1. The molecule has 0 bridgehead atoms. The second kappa shape index (κ2) is 16.2. The highest BCUT2D eigenvalue weighted by Crippen LogP contribution is 2.58. The molecule has 0 spiro atoms. The Morgan fingerprint density at radius 1 is 1.04 bits per heavy atom. The van der Waals surface area contributed by atoms with Crippen molar-refractivity contribution in [1.82, 2.24) is 14.6 Å². The van der Waals surface area contributed by atoms with Crippen molar-refractivity contribution in [3.05, 3.63) is 36.5 Å². The molecule has 2 saturated carbocycles. The fourth-order valence-corrected chi connectivity index (χ4v) is 10.4. The van der Waals surface area contributed by atoms with Crippen LogP contribution in [0.15, 0.2) is 36.5 Å². The van der Waals surface area contributed by atoms with E-state index in [2.05, 4.69) is 16.6 Å². The van der Waals surface area contributed by atoms with Crippen LogP contribution in [0.3, 0.4) is 0 Å². The summed E-state index contributed by atoms with van der Waals surface area (Å²) in [5, 5.41) is 1.35. The average Bonchev–Trinajstić information content (AvgIpc) is 4.06. The first-order valence-electron chi connectivity index (χ1n) is 20.3. The number of carbonyl (C=O) groups is 4. The van der Waals surface area contributed by atoms with Crippen LogP contribution < -0.4 is 18.9 Å². The molecule has 1 N–H and O–H groups in total. The molecular weight excluding hydrogens is 751 g/mol. The van der Waals surface area contributed by atoms with Crippen LogP contribution in [0, 0.1) is 29.1 Å². The third-order valence-corrected chi connectivity index (χ3v) is 14.9. The van der Waals surface area contributed by atoms with Gasteiger partial charge in [-0.05, 0) is 95.2 Å². The SMILES string of the molecule is CCC1(S(=O)(=O)NC(=O)[C@]23CC(=O)[C@@H]4C[C@@H](Oc5ncc(OC)c6cc(OC)ccc56)CN4C(=O)[C@@H](CC(=O)OC(C)(C)C)[C@H](C)CCC[C@H](C)/C=C\[C@@H]2C3)CC1. The lowest BCUT2D eigenvalue weighted by atomic mass is 9.84. The van der Waals surface area contributed by atoms with Crippen LogP contribution >= 0.6 is 0 Å². The number of hydrogen-bond acceptors (Lipinski definition) is 11. The average molecular weight is 810 g/mol.